The fourth-order valence-corrected chi connectivity index (χ4v) is 2.65. The summed E-state index contributed by atoms with van der Waals surface area (Å²) in [7, 11) is 1.54. The largest absolute Gasteiger partial charge is 0.496 e. The Bertz CT molecular complexity index is 838. The van der Waals surface area contributed by atoms with Gasteiger partial charge in [0.05, 0.1) is 7.11 Å². The lowest BCUT2D eigenvalue weighted by atomic mass is 10.00. The van der Waals surface area contributed by atoms with Gasteiger partial charge in [-0.3, -0.25) is 9.59 Å². The Morgan fingerprint density at radius 3 is 2.30 bits per heavy atom. The summed E-state index contributed by atoms with van der Waals surface area (Å²) in [6.45, 7) is 6.41. The Kier molecular flexibility index (Phi) is 7.37. The summed E-state index contributed by atoms with van der Waals surface area (Å²) < 4.78 is 15.8. The van der Waals surface area contributed by atoms with Crippen molar-refractivity contribution in [2.75, 3.05) is 7.11 Å². The molecule has 0 N–H and O–H groups in total. The van der Waals surface area contributed by atoms with Crippen LogP contribution in [-0.2, 0) is 16.0 Å². The van der Waals surface area contributed by atoms with Gasteiger partial charge in [0.2, 0.25) is 0 Å². The molecule has 0 saturated carbocycles. The Hall–Kier alpha value is -3.34. The van der Waals surface area contributed by atoms with Crippen LogP contribution in [0.4, 0.5) is 0 Å². The third-order valence-electron chi connectivity index (χ3n) is 3.94. The summed E-state index contributed by atoms with van der Waals surface area (Å²) in [5.74, 6) is 0.881. The SMILES string of the molecule is C=C(C)CCc1c(OC)cc(C=Cc2ccccc2)c(OC=O)c1OC=O. The predicted octanol–water partition coefficient (Wildman–Crippen LogP) is 4.44. The van der Waals surface area contributed by atoms with Crippen LogP contribution in [0, 0.1) is 0 Å². The summed E-state index contributed by atoms with van der Waals surface area (Å²) in [6, 6.07) is 11.4. The van der Waals surface area contributed by atoms with Crippen molar-refractivity contribution < 1.29 is 23.8 Å². The van der Waals surface area contributed by atoms with Crippen molar-refractivity contribution in [1.82, 2.24) is 0 Å². The molecular weight excluding hydrogens is 344 g/mol. The highest BCUT2D eigenvalue weighted by atomic mass is 16.6. The molecule has 140 valence electrons. The van der Waals surface area contributed by atoms with Gasteiger partial charge in [0, 0.05) is 11.1 Å². The zero-order valence-electron chi connectivity index (χ0n) is 15.4. The van der Waals surface area contributed by atoms with E-state index in [-0.39, 0.29) is 11.5 Å². The highest BCUT2D eigenvalue weighted by molar-refractivity contribution is 5.78. The van der Waals surface area contributed by atoms with Crippen LogP contribution in [-0.4, -0.2) is 20.1 Å². The number of ether oxygens (including phenoxy) is 3. The molecule has 0 fully saturated rings. The van der Waals surface area contributed by atoms with E-state index in [1.165, 1.54) is 7.11 Å². The Morgan fingerprint density at radius 1 is 1.04 bits per heavy atom. The van der Waals surface area contributed by atoms with E-state index in [0.717, 1.165) is 11.1 Å². The Labute approximate surface area is 158 Å². The minimum atomic E-state index is 0.168. The van der Waals surface area contributed by atoms with Gasteiger partial charge in [-0.1, -0.05) is 48.1 Å². The first-order valence-electron chi connectivity index (χ1n) is 8.42. The van der Waals surface area contributed by atoms with Crippen molar-refractivity contribution >= 4 is 25.1 Å². The van der Waals surface area contributed by atoms with Gasteiger partial charge in [-0.25, -0.2) is 0 Å². The second-order valence-electron chi connectivity index (χ2n) is 5.93. The van der Waals surface area contributed by atoms with E-state index in [1.54, 1.807) is 12.1 Å². The van der Waals surface area contributed by atoms with Crippen LogP contribution in [0.1, 0.15) is 30.0 Å². The minimum absolute atomic E-state index is 0.168. The molecule has 2 aromatic rings. The molecule has 0 unspecified atom stereocenters. The first-order valence-corrected chi connectivity index (χ1v) is 8.42. The van der Waals surface area contributed by atoms with E-state index in [0.29, 0.717) is 42.7 Å². The number of methoxy groups -OCH3 is 1. The molecule has 0 atom stereocenters. The minimum Gasteiger partial charge on any atom is -0.496 e. The number of allylic oxidation sites excluding steroid dienone is 1. The van der Waals surface area contributed by atoms with Crippen LogP contribution in [0.2, 0.25) is 0 Å². The van der Waals surface area contributed by atoms with E-state index in [4.69, 9.17) is 14.2 Å². The van der Waals surface area contributed by atoms with Gasteiger partial charge >= 0.3 is 0 Å². The number of hydrogen-bond acceptors (Lipinski definition) is 5. The van der Waals surface area contributed by atoms with Crippen molar-refractivity contribution in [1.29, 1.82) is 0 Å². The van der Waals surface area contributed by atoms with Crippen LogP contribution >= 0.6 is 0 Å². The Morgan fingerprint density at radius 2 is 1.70 bits per heavy atom. The third kappa shape index (κ3) is 5.31. The molecule has 0 aromatic heterocycles. The topological polar surface area (TPSA) is 61.8 Å². The van der Waals surface area contributed by atoms with Crippen LogP contribution in [0.5, 0.6) is 17.2 Å². The fourth-order valence-electron chi connectivity index (χ4n) is 2.65. The molecule has 27 heavy (non-hydrogen) atoms. The zero-order chi connectivity index (χ0) is 19.6. The molecule has 0 spiro atoms. The molecule has 0 saturated heterocycles. The van der Waals surface area contributed by atoms with E-state index in [2.05, 4.69) is 6.58 Å². The molecule has 0 aliphatic heterocycles. The molecule has 0 bridgehead atoms. The summed E-state index contributed by atoms with van der Waals surface area (Å²) >= 11 is 0. The average Bonchev–Trinajstić information content (AvgIpc) is 2.67. The smallest absolute Gasteiger partial charge is 0.298 e. The Balaban J connectivity index is 2.59. The van der Waals surface area contributed by atoms with Gasteiger partial charge in [-0.2, -0.15) is 0 Å². The maximum Gasteiger partial charge on any atom is 0.298 e. The van der Waals surface area contributed by atoms with Gasteiger partial charge in [-0.05, 0) is 31.4 Å². The molecule has 0 heterocycles. The summed E-state index contributed by atoms with van der Waals surface area (Å²) in [6.07, 6.45) is 4.84. The normalized spacial score (nSPS) is 10.4. The van der Waals surface area contributed by atoms with Crippen LogP contribution in [0.15, 0.2) is 48.6 Å². The van der Waals surface area contributed by atoms with E-state index in [9.17, 15) is 9.59 Å². The first-order chi connectivity index (χ1) is 13.1. The van der Waals surface area contributed by atoms with Gasteiger partial charge in [-0.15, -0.1) is 6.58 Å². The molecule has 5 heteroatoms. The number of carbonyl (C=O) groups is 2. The molecule has 2 rings (SSSR count). The van der Waals surface area contributed by atoms with E-state index < -0.39 is 0 Å². The van der Waals surface area contributed by atoms with E-state index >= 15 is 0 Å². The molecule has 2 aromatic carbocycles. The van der Waals surface area contributed by atoms with Crippen molar-refractivity contribution in [2.45, 2.75) is 19.8 Å². The fraction of sp³-hybridized carbons (Fsp3) is 0.182. The monoisotopic (exact) mass is 366 g/mol. The van der Waals surface area contributed by atoms with Crippen molar-refractivity contribution in [3.8, 4) is 17.2 Å². The lowest BCUT2D eigenvalue weighted by molar-refractivity contribution is -0.123. The molecule has 5 nitrogen and oxygen atoms in total. The van der Waals surface area contributed by atoms with Gasteiger partial charge in [0.25, 0.3) is 12.9 Å². The standard InChI is InChI=1S/C22H22O5/c1-16(2)9-12-19-20(25-3)13-18(11-10-17-7-5-4-6-8-17)21(26-14-23)22(19)27-15-24/h4-8,10-11,13-15H,1,9,12H2,2-3H3. The molecule has 0 aliphatic carbocycles. The van der Waals surface area contributed by atoms with Crippen LogP contribution in [0.25, 0.3) is 12.2 Å². The maximum atomic E-state index is 11.1. The van der Waals surface area contributed by atoms with Gasteiger partial charge in [0.1, 0.15) is 5.75 Å². The summed E-state index contributed by atoms with van der Waals surface area (Å²) in [5.41, 5.74) is 3.14. The van der Waals surface area contributed by atoms with Crippen molar-refractivity contribution in [3.05, 3.63) is 65.2 Å². The van der Waals surface area contributed by atoms with Gasteiger partial charge < -0.3 is 14.2 Å². The van der Waals surface area contributed by atoms with Gasteiger partial charge in [0.15, 0.2) is 11.5 Å². The van der Waals surface area contributed by atoms with Crippen LogP contribution in [0.3, 0.4) is 0 Å². The number of carbonyl (C=O) groups excluding carboxylic acids is 2. The third-order valence-corrected chi connectivity index (χ3v) is 3.94. The zero-order valence-corrected chi connectivity index (χ0v) is 15.4. The van der Waals surface area contributed by atoms with Crippen LogP contribution < -0.4 is 14.2 Å². The second-order valence-corrected chi connectivity index (χ2v) is 5.93. The molecule has 0 aliphatic rings. The molecule has 0 radical (unpaired) electrons. The average molecular weight is 366 g/mol. The highest BCUT2D eigenvalue weighted by Gasteiger charge is 2.21. The number of rotatable bonds is 10. The highest BCUT2D eigenvalue weighted by Crippen LogP contribution is 2.42. The second kappa shape index (κ2) is 9.97. The summed E-state index contributed by atoms with van der Waals surface area (Å²) in [4.78, 5) is 22.1. The molecule has 0 amide bonds. The quantitative estimate of drug-likeness (QED) is 0.353. The van der Waals surface area contributed by atoms with Crippen molar-refractivity contribution in [2.24, 2.45) is 0 Å². The lowest BCUT2D eigenvalue weighted by Crippen LogP contribution is -2.04. The predicted molar refractivity (Wildman–Crippen MR) is 105 cm³/mol. The summed E-state index contributed by atoms with van der Waals surface area (Å²) in [5, 5.41) is 0. The van der Waals surface area contributed by atoms with E-state index in [1.807, 2.05) is 43.3 Å². The maximum absolute atomic E-state index is 11.1. The number of hydrogen-bond donors (Lipinski definition) is 0. The molecular formula is C22H22O5. The van der Waals surface area contributed by atoms with Crippen molar-refractivity contribution in [3.63, 3.8) is 0 Å². The lowest BCUT2D eigenvalue weighted by Gasteiger charge is -2.17. The first kappa shape index (κ1) is 20.0. The number of benzene rings is 2.